The maximum atomic E-state index is 10.0. The molecule has 0 unspecified atom stereocenters. The van der Waals surface area contributed by atoms with Gasteiger partial charge in [0.05, 0.1) is 52.2 Å². The van der Waals surface area contributed by atoms with E-state index in [1.807, 2.05) is 0 Å². The van der Waals surface area contributed by atoms with Gasteiger partial charge < -0.3 is 9.13 Å². The number of hydrogen-bond donors (Lipinski definition) is 0. The highest BCUT2D eigenvalue weighted by atomic mass is 15.0. The van der Waals surface area contributed by atoms with Crippen molar-refractivity contribution in [3.05, 3.63) is 194 Å². The molecule has 0 N–H and O–H groups in total. The molecule has 0 amide bonds. The smallest absolute Gasteiger partial charge is 0.0645 e. The average molecular weight is 659 g/mol. The standard InChI is InChI=1S/C48H32N2/c1-4-13-33(14-5-1)34-23-27-39(28-24-34)49-44-21-11-10-19-41(44)42-31-36(25-29-45(42)49)37-26-30-46-43(32-37)48-40(35-15-6-2-7-16-35)20-12-22-47(48)50(46)38-17-8-3-9-18-38/h1-32H/i1D,4D,5D,10D,11D,12D,13D,14D,19D,20D,21D,22D,23D,24D,25D,26D,27D,28D,29D,30D,31D,32D. The van der Waals surface area contributed by atoms with Crippen LogP contribution < -0.4 is 0 Å². The van der Waals surface area contributed by atoms with Gasteiger partial charge in [-0.05, 0) is 93.9 Å². The third-order valence-corrected chi connectivity index (χ3v) is 8.42. The molecule has 0 aliphatic carbocycles. The van der Waals surface area contributed by atoms with E-state index in [-0.39, 0.29) is 33.4 Å². The average Bonchev–Trinajstić information content (AvgIpc) is 3.91. The van der Waals surface area contributed by atoms with Gasteiger partial charge in [0.25, 0.3) is 0 Å². The van der Waals surface area contributed by atoms with Crippen LogP contribution in [-0.2, 0) is 0 Å². The van der Waals surface area contributed by atoms with E-state index in [0.717, 1.165) is 4.57 Å². The topological polar surface area (TPSA) is 9.86 Å². The molecule has 2 heteroatoms. The summed E-state index contributed by atoms with van der Waals surface area (Å²) in [6, 6.07) is -0.0978. The van der Waals surface area contributed by atoms with Crippen LogP contribution in [0.25, 0.3) is 88.4 Å². The van der Waals surface area contributed by atoms with Crippen molar-refractivity contribution in [3.63, 3.8) is 0 Å². The van der Waals surface area contributed by atoms with Crippen LogP contribution in [0.5, 0.6) is 0 Å². The molecule has 10 aromatic rings. The van der Waals surface area contributed by atoms with Crippen molar-refractivity contribution < 1.29 is 30.2 Å². The zero-order valence-electron chi connectivity index (χ0n) is 47.7. The van der Waals surface area contributed by atoms with Gasteiger partial charge in [0.2, 0.25) is 0 Å². The molecule has 0 aliphatic rings. The summed E-state index contributed by atoms with van der Waals surface area (Å²) in [6.07, 6.45) is 0. The molecule has 0 radical (unpaired) electrons. The zero-order chi connectivity index (χ0) is 52.2. The summed E-state index contributed by atoms with van der Waals surface area (Å²) in [5, 5.41) is -1.02. The van der Waals surface area contributed by atoms with Crippen LogP contribution in [0.4, 0.5) is 0 Å². The number of aromatic nitrogens is 2. The van der Waals surface area contributed by atoms with E-state index in [9.17, 15) is 15.1 Å². The highest BCUT2D eigenvalue weighted by Crippen LogP contribution is 2.41. The van der Waals surface area contributed by atoms with Crippen LogP contribution in [-0.4, -0.2) is 9.13 Å². The summed E-state index contributed by atoms with van der Waals surface area (Å²) >= 11 is 0. The van der Waals surface area contributed by atoms with Crippen LogP contribution in [0.1, 0.15) is 30.2 Å². The Bertz CT molecular complexity index is 4050. The van der Waals surface area contributed by atoms with Gasteiger partial charge in [-0.2, -0.15) is 0 Å². The van der Waals surface area contributed by atoms with E-state index < -0.39 is 177 Å². The summed E-state index contributed by atoms with van der Waals surface area (Å²) in [7, 11) is 0. The molecule has 50 heavy (non-hydrogen) atoms. The molecule has 2 nitrogen and oxygen atoms in total. The largest absolute Gasteiger partial charge is 0.309 e. The van der Waals surface area contributed by atoms with E-state index in [4.69, 9.17) is 15.1 Å². The summed E-state index contributed by atoms with van der Waals surface area (Å²) < 4.78 is 202. The molecule has 0 saturated carbocycles. The molecular weight excluding hydrogens is 605 g/mol. The first kappa shape index (κ1) is 14.1. The minimum Gasteiger partial charge on any atom is -0.309 e. The monoisotopic (exact) mass is 658 g/mol. The lowest BCUT2D eigenvalue weighted by Crippen LogP contribution is -1.94. The van der Waals surface area contributed by atoms with Gasteiger partial charge in [-0.15, -0.1) is 0 Å². The highest BCUT2D eigenvalue weighted by Gasteiger charge is 2.18. The van der Waals surface area contributed by atoms with Gasteiger partial charge in [0.1, 0.15) is 0 Å². The van der Waals surface area contributed by atoms with Crippen LogP contribution in [0.15, 0.2) is 194 Å². The van der Waals surface area contributed by atoms with Crippen LogP contribution in [0.2, 0.25) is 0 Å². The van der Waals surface area contributed by atoms with Gasteiger partial charge >= 0.3 is 0 Å². The normalized spacial score (nSPS) is 17.8. The number of benzene rings is 8. The number of fused-ring (bicyclic) bond motifs is 6. The number of rotatable bonds is 5. The zero-order valence-corrected chi connectivity index (χ0v) is 25.7. The molecule has 0 saturated heterocycles. The van der Waals surface area contributed by atoms with Gasteiger partial charge in [0, 0.05) is 32.9 Å². The number of para-hydroxylation sites is 2. The van der Waals surface area contributed by atoms with Crippen molar-refractivity contribution >= 4 is 43.6 Å². The van der Waals surface area contributed by atoms with E-state index in [1.54, 1.807) is 60.7 Å². The molecular formula is C48H32N2. The Morgan fingerprint density at radius 2 is 0.900 bits per heavy atom. The fraction of sp³-hybridized carbons (Fsp3) is 0. The lowest BCUT2D eigenvalue weighted by molar-refractivity contribution is 1.18. The number of nitrogens with zero attached hydrogens (tertiary/aromatic N) is 2. The summed E-state index contributed by atoms with van der Waals surface area (Å²) in [4.78, 5) is 0. The maximum absolute atomic E-state index is 10.0. The molecule has 0 atom stereocenters. The molecule has 0 fully saturated rings. The Kier molecular flexibility index (Phi) is 3.24. The predicted octanol–water partition coefficient (Wildman–Crippen LogP) is 12.9. The van der Waals surface area contributed by atoms with Crippen molar-refractivity contribution in [2.45, 2.75) is 0 Å². The second kappa shape index (κ2) is 11.5. The Labute approximate surface area is 321 Å². The van der Waals surface area contributed by atoms with Gasteiger partial charge in [-0.3, -0.25) is 0 Å². The van der Waals surface area contributed by atoms with E-state index >= 15 is 0 Å². The Balaban J connectivity index is 1.39. The van der Waals surface area contributed by atoms with Crippen LogP contribution in [0, 0.1) is 0 Å². The summed E-state index contributed by atoms with van der Waals surface area (Å²) in [5.41, 5.74) is -3.60. The van der Waals surface area contributed by atoms with E-state index in [1.165, 1.54) is 4.57 Å². The fourth-order valence-electron chi connectivity index (χ4n) is 6.23. The van der Waals surface area contributed by atoms with Gasteiger partial charge in [0.15, 0.2) is 0 Å². The second-order valence-electron chi connectivity index (χ2n) is 11.2. The molecule has 8 aromatic carbocycles. The lowest BCUT2D eigenvalue weighted by Gasteiger charge is -2.10. The minimum absolute atomic E-state index is 0.0139. The molecule has 0 bridgehead atoms. The summed E-state index contributed by atoms with van der Waals surface area (Å²) in [5.74, 6) is 0. The molecule has 0 spiro atoms. The first-order valence-corrected chi connectivity index (χ1v) is 15.4. The SMILES string of the molecule is [2H]c1c([2H])c([2H])c(-c2c([2H])c([2H])c(-n3c4c([2H])c([2H])c([2H])c([2H])c4c4c([2H])c(-c5c([2H])c([2H])c6c(c5[2H])c5c(-c7ccccc7)c([2H])c([2H])c([2H])c5n6-c5ccccc5)c([2H])c([2H])c43)c([2H])c2[2H])c([2H])c1[2H]. The predicted molar refractivity (Wildman–Crippen MR) is 211 cm³/mol. The number of hydrogen-bond acceptors (Lipinski definition) is 0. The molecule has 2 aromatic heterocycles. The van der Waals surface area contributed by atoms with Crippen molar-refractivity contribution in [2.75, 3.05) is 0 Å². The second-order valence-corrected chi connectivity index (χ2v) is 11.2. The Morgan fingerprint density at radius 1 is 0.340 bits per heavy atom. The highest BCUT2D eigenvalue weighted by molar-refractivity contribution is 6.17. The van der Waals surface area contributed by atoms with Crippen molar-refractivity contribution in [2.24, 2.45) is 0 Å². The van der Waals surface area contributed by atoms with Crippen molar-refractivity contribution in [1.29, 1.82) is 0 Å². The molecule has 234 valence electrons. The van der Waals surface area contributed by atoms with E-state index in [2.05, 4.69) is 0 Å². The Hall–Kier alpha value is -6.64. The van der Waals surface area contributed by atoms with Crippen molar-refractivity contribution in [3.8, 4) is 44.8 Å². The fourth-order valence-corrected chi connectivity index (χ4v) is 6.23. The first-order valence-electron chi connectivity index (χ1n) is 26.4. The minimum atomic E-state index is -0.959. The lowest BCUT2D eigenvalue weighted by atomic mass is 9.97. The van der Waals surface area contributed by atoms with Crippen LogP contribution >= 0.6 is 0 Å². The third-order valence-electron chi connectivity index (χ3n) is 8.42. The third kappa shape index (κ3) is 4.50. The quantitative estimate of drug-likeness (QED) is 0.174. The molecule has 2 heterocycles. The van der Waals surface area contributed by atoms with Gasteiger partial charge in [-0.1, -0.05) is 133 Å². The van der Waals surface area contributed by atoms with Crippen LogP contribution in [0.3, 0.4) is 0 Å². The Morgan fingerprint density at radius 3 is 1.66 bits per heavy atom. The molecule has 10 rings (SSSR count). The van der Waals surface area contributed by atoms with Crippen molar-refractivity contribution in [1.82, 2.24) is 9.13 Å². The maximum Gasteiger partial charge on any atom is 0.0645 e. The van der Waals surface area contributed by atoms with E-state index in [0.29, 0.717) is 11.3 Å². The first-order chi connectivity index (χ1) is 34.0. The molecule has 0 aliphatic heterocycles. The summed E-state index contributed by atoms with van der Waals surface area (Å²) in [6.45, 7) is 0. The van der Waals surface area contributed by atoms with Gasteiger partial charge in [-0.25, -0.2) is 0 Å².